The van der Waals surface area contributed by atoms with Crippen LogP contribution in [0.1, 0.15) is 22.2 Å². The lowest BCUT2D eigenvalue weighted by Crippen LogP contribution is -2.28. The van der Waals surface area contributed by atoms with Crippen LogP contribution in [0.4, 0.5) is 0 Å². The first-order valence-corrected chi connectivity index (χ1v) is 3.66. The molecule has 2 N–H and O–H groups in total. The van der Waals surface area contributed by atoms with E-state index in [1.54, 1.807) is 0 Å². The van der Waals surface area contributed by atoms with E-state index in [1.807, 2.05) is 20.9 Å². The lowest BCUT2D eigenvalue weighted by molar-refractivity contribution is -0.118. The summed E-state index contributed by atoms with van der Waals surface area (Å²) >= 11 is 0. The highest BCUT2D eigenvalue weighted by Gasteiger charge is 1.85. The van der Waals surface area contributed by atoms with E-state index in [-0.39, 0.29) is 7.33 Å². The zero-order chi connectivity index (χ0) is 8.41. The molecule has 1 amide bonds. The molecule has 0 fully saturated rings. The highest BCUT2D eigenvalue weighted by molar-refractivity contribution is 5.72. The molecule has 0 saturated heterocycles. The van der Waals surface area contributed by atoms with Gasteiger partial charge in [0.1, 0.15) is 0 Å². The van der Waals surface area contributed by atoms with Crippen molar-refractivity contribution in [2.24, 2.45) is 0 Å². The minimum Gasteiger partial charge on any atom is -0.355 e. The van der Waals surface area contributed by atoms with E-state index in [9.17, 15) is 4.79 Å². The summed E-state index contributed by atoms with van der Waals surface area (Å²) in [7, 11) is 1.85. The summed E-state index contributed by atoms with van der Waals surface area (Å²) in [5.41, 5.74) is 0. The summed E-state index contributed by atoms with van der Waals surface area (Å²) in [5, 5.41) is 5.55. The van der Waals surface area contributed by atoms with Gasteiger partial charge in [0, 0.05) is 21.4 Å². The highest BCUT2D eigenvalue weighted by atomic mass is 16.1. The molecule has 3 heteroatoms. The fourth-order valence-corrected chi connectivity index (χ4v) is 0.364. The summed E-state index contributed by atoms with van der Waals surface area (Å²) in [4.78, 5) is 10.2. The Morgan fingerprint density at radius 3 is 2.20 bits per heavy atom. The maximum Gasteiger partial charge on any atom is 0.216 e. The summed E-state index contributed by atoms with van der Waals surface area (Å²) in [5.74, 6) is 0.0280. The van der Waals surface area contributed by atoms with E-state index in [4.69, 9.17) is 0 Å². The third kappa shape index (κ3) is 15.7. The fourth-order valence-electron chi connectivity index (χ4n) is 0.364. The topological polar surface area (TPSA) is 41.1 Å². The van der Waals surface area contributed by atoms with Crippen molar-refractivity contribution in [3.8, 4) is 0 Å². The molecule has 0 unspecified atom stereocenters. The van der Waals surface area contributed by atoms with Crippen LogP contribution >= 0.6 is 0 Å². The van der Waals surface area contributed by atoms with Crippen LogP contribution in [0.5, 0.6) is 0 Å². The van der Waals surface area contributed by atoms with E-state index in [2.05, 4.69) is 10.6 Å². The molecule has 0 rings (SSSR count). The minimum absolute atomic E-state index is 0. The lowest BCUT2D eigenvalue weighted by Gasteiger charge is -1.97. The maximum atomic E-state index is 10.2. The van der Waals surface area contributed by atoms with Crippen LogP contribution in [0.25, 0.3) is 0 Å². The number of hydrogen-bond acceptors (Lipinski definition) is 2. The Morgan fingerprint density at radius 2 is 1.90 bits per heavy atom. The number of likely N-dealkylation sites (N-methyl/N-ethyl adjacent to an activating group) is 1. The van der Waals surface area contributed by atoms with Gasteiger partial charge in [-0.3, -0.25) is 4.79 Å². The van der Waals surface area contributed by atoms with Gasteiger partial charge in [-0.15, -0.1) is 0 Å². The molecule has 0 aliphatic rings. The minimum atomic E-state index is 0. The SMILES string of the molecule is CC.CNCCNC(C)=O.[HH]. The van der Waals surface area contributed by atoms with Gasteiger partial charge in [0.25, 0.3) is 0 Å². The van der Waals surface area contributed by atoms with Crippen molar-refractivity contribution < 1.29 is 6.22 Å². The number of amides is 1. The summed E-state index contributed by atoms with van der Waals surface area (Å²) in [6.45, 7) is 7.06. The first-order valence-electron chi connectivity index (χ1n) is 3.66. The van der Waals surface area contributed by atoms with Crippen LogP contribution in [0, 0.1) is 0 Å². The zero-order valence-electron chi connectivity index (χ0n) is 7.32. The molecule has 0 heterocycles. The molecule has 0 radical (unpaired) electrons. The van der Waals surface area contributed by atoms with Gasteiger partial charge >= 0.3 is 0 Å². The molecule has 0 atom stereocenters. The second-order valence-corrected chi connectivity index (χ2v) is 1.59. The van der Waals surface area contributed by atoms with Gasteiger partial charge in [-0.05, 0) is 7.05 Å². The van der Waals surface area contributed by atoms with Gasteiger partial charge in [-0.25, -0.2) is 0 Å². The van der Waals surface area contributed by atoms with Crippen molar-refractivity contribution in [3.05, 3.63) is 0 Å². The number of hydrogen-bond donors (Lipinski definition) is 2. The Bertz CT molecular complexity index is 78.8. The predicted octanol–water partition coefficient (Wildman–Crippen LogP) is 0.614. The molecule has 0 aliphatic carbocycles. The zero-order valence-corrected chi connectivity index (χ0v) is 7.32. The molecule has 3 nitrogen and oxygen atoms in total. The van der Waals surface area contributed by atoms with E-state index in [0.717, 1.165) is 6.54 Å². The lowest BCUT2D eigenvalue weighted by atomic mass is 10.6. The Hall–Kier alpha value is -0.570. The molecule has 0 spiro atoms. The molecule has 0 bridgehead atoms. The first kappa shape index (κ1) is 12.1. The van der Waals surface area contributed by atoms with Crippen LogP contribution < -0.4 is 10.6 Å². The van der Waals surface area contributed by atoms with Crippen LogP contribution in [0.15, 0.2) is 0 Å². The van der Waals surface area contributed by atoms with Crippen LogP contribution in [0.3, 0.4) is 0 Å². The fraction of sp³-hybridized carbons (Fsp3) is 0.857. The van der Waals surface area contributed by atoms with Crippen molar-refractivity contribution >= 4 is 5.91 Å². The normalized spacial score (nSPS) is 7.60. The standard InChI is InChI=1S/C5H12N2O.C2H6.H2/c1-5(8)7-4-3-6-2;1-2;/h6H,3-4H2,1-2H3,(H,7,8);1-2H3;1H. The highest BCUT2D eigenvalue weighted by Crippen LogP contribution is 1.57. The smallest absolute Gasteiger partial charge is 0.216 e. The van der Waals surface area contributed by atoms with Crippen molar-refractivity contribution in [2.45, 2.75) is 20.8 Å². The van der Waals surface area contributed by atoms with Gasteiger partial charge in [0.2, 0.25) is 5.91 Å². The number of nitrogens with one attached hydrogen (secondary N) is 2. The Morgan fingerprint density at radius 1 is 1.40 bits per heavy atom. The van der Waals surface area contributed by atoms with Crippen molar-refractivity contribution in [1.82, 2.24) is 10.6 Å². The van der Waals surface area contributed by atoms with Gasteiger partial charge < -0.3 is 10.6 Å². The maximum absolute atomic E-state index is 10.2. The van der Waals surface area contributed by atoms with Crippen molar-refractivity contribution in [3.63, 3.8) is 0 Å². The van der Waals surface area contributed by atoms with E-state index in [1.165, 1.54) is 6.92 Å². The monoisotopic (exact) mass is 148 g/mol. The third-order valence-electron chi connectivity index (χ3n) is 0.749. The van der Waals surface area contributed by atoms with Crippen LogP contribution in [0.2, 0.25) is 0 Å². The Labute approximate surface area is 64.7 Å². The summed E-state index contributed by atoms with van der Waals surface area (Å²) in [6, 6.07) is 0. The second-order valence-electron chi connectivity index (χ2n) is 1.59. The third-order valence-corrected chi connectivity index (χ3v) is 0.749. The first-order chi connectivity index (χ1) is 4.77. The molecule has 64 valence electrons. The molecule has 0 saturated carbocycles. The van der Waals surface area contributed by atoms with Gasteiger partial charge in [0.15, 0.2) is 0 Å². The summed E-state index contributed by atoms with van der Waals surface area (Å²) in [6.07, 6.45) is 0. The van der Waals surface area contributed by atoms with E-state index < -0.39 is 0 Å². The molecule has 0 aromatic heterocycles. The quantitative estimate of drug-likeness (QED) is 0.576. The second kappa shape index (κ2) is 11.3. The van der Waals surface area contributed by atoms with Crippen molar-refractivity contribution in [1.29, 1.82) is 0 Å². The average molecular weight is 148 g/mol. The largest absolute Gasteiger partial charge is 0.355 e. The Kier molecular flexibility index (Phi) is 13.7. The molecule has 0 aliphatic heterocycles. The number of carbonyl (C=O) groups excluding carboxylic acids is 1. The van der Waals surface area contributed by atoms with Crippen LogP contribution in [-0.4, -0.2) is 26.0 Å². The molecular weight excluding hydrogens is 128 g/mol. The predicted molar refractivity (Wildman–Crippen MR) is 46.1 cm³/mol. The van der Waals surface area contributed by atoms with Gasteiger partial charge in [0.05, 0.1) is 0 Å². The van der Waals surface area contributed by atoms with Crippen LogP contribution in [-0.2, 0) is 4.79 Å². The Balaban J connectivity index is -0.000000196. The molecule has 0 aromatic rings. The van der Waals surface area contributed by atoms with Gasteiger partial charge in [-0.2, -0.15) is 0 Å². The van der Waals surface area contributed by atoms with E-state index >= 15 is 0 Å². The number of rotatable bonds is 3. The van der Waals surface area contributed by atoms with Crippen molar-refractivity contribution in [2.75, 3.05) is 20.1 Å². The summed E-state index contributed by atoms with van der Waals surface area (Å²) < 4.78 is 0. The molecule has 10 heavy (non-hydrogen) atoms. The molecular formula is C7H20N2O. The number of carbonyl (C=O) groups is 1. The van der Waals surface area contributed by atoms with E-state index in [0.29, 0.717) is 6.54 Å². The van der Waals surface area contributed by atoms with Gasteiger partial charge in [-0.1, -0.05) is 13.8 Å². The molecule has 0 aromatic carbocycles. The average Bonchev–Trinajstić information content (AvgIpc) is 1.92.